The van der Waals surface area contributed by atoms with Crippen molar-refractivity contribution in [1.29, 1.82) is 0 Å². The fourth-order valence-electron chi connectivity index (χ4n) is 2.14. The second-order valence-corrected chi connectivity index (χ2v) is 4.64. The molecule has 1 aliphatic carbocycles. The molecule has 1 saturated carbocycles. The number of hydrogen-bond acceptors (Lipinski definition) is 1. The molecule has 0 heterocycles. The van der Waals surface area contributed by atoms with Gasteiger partial charge in [-0.3, -0.25) is 0 Å². The summed E-state index contributed by atoms with van der Waals surface area (Å²) in [5.74, 6) is 0.554. The predicted octanol–water partition coefficient (Wildman–Crippen LogP) is 2.58. The Bertz CT molecular complexity index is 129. The highest BCUT2D eigenvalue weighted by Gasteiger charge is 2.32. The van der Waals surface area contributed by atoms with Gasteiger partial charge in [0.05, 0.1) is 6.10 Å². The van der Waals surface area contributed by atoms with Crippen molar-refractivity contribution in [2.45, 2.75) is 52.6 Å². The van der Waals surface area contributed by atoms with Crippen LogP contribution in [0.3, 0.4) is 0 Å². The zero-order chi connectivity index (χ0) is 8.48. The number of hydrogen-bond donors (Lipinski definition) is 1. The summed E-state index contributed by atoms with van der Waals surface area (Å²) in [6, 6.07) is 0. The monoisotopic (exact) mass is 156 g/mol. The molecule has 0 amide bonds. The maximum atomic E-state index is 9.60. The average molecular weight is 156 g/mol. The highest BCUT2D eigenvalue weighted by molar-refractivity contribution is 4.83. The quantitative estimate of drug-likeness (QED) is 0.618. The summed E-state index contributed by atoms with van der Waals surface area (Å²) in [6.45, 7) is 6.79. The van der Waals surface area contributed by atoms with Gasteiger partial charge in [0, 0.05) is 0 Å². The van der Waals surface area contributed by atoms with Crippen molar-refractivity contribution < 1.29 is 5.11 Å². The lowest BCUT2D eigenvalue weighted by Crippen LogP contribution is -2.32. The molecule has 1 aliphatic rings. The summed E-state index contributed by atoms with van der Waals surface area (Å²) in [5.41, 5.74) is 0.472. The molecule has 1 fully saturated rings. The zero-order valence-corrected chi connectivity index (χ0v) is 7.93. The van der Waals surface area contributed by atoms with Crippen LogP contribution in [0.15, 0.2) is 0 Å². The minimum atomic E-state index is -0.0203. The van der Waals surface area contributed by atoms with Crippen molar-refractivity contribution in [3.63, 3.8) is 0 Å². The van der Waals surface area contributed by atoms with Crippen molar-refractivity contribution in [1.82, 2.24) is 0 Å². The first-order chi connectivity index (χ1) is 5.05. The van der Waals surface area contributed by atoms with E-state index in [1.807, 2.05) is 0 Å². The Kier molecular flexibility index (Phi) is 2.58. The van der Waals surface area contributed by atoms with E-state index in [9.17, 15) is 5.11 Å². The molecule has 0 aromatic rings. The summed E-state index contributed by atoms with van der Waals surface area (Å²) in [7, 11) is 0. The maximum absolute atomic E-state index is 9.60. The van der Waals surface area contributed by atoms with Crippen LogP contribution < -0.4 is 0 Å². The molecule has 0 saturated heterocycles. The van der Waals surface area contributed by atoms with Gasteiger partial charge in [-0.1, -0.05) is 27.2 Å². The van der Waals surface area contributed by atoms with Gasteiger partial charge < -0.3 is 5.11 Å². The lowest BCUT2D eigenvalue weighted by atomic mass is 9.70. The van der Waals surface area contributed by atoms with Crippen LogP contribution in [0.4, 0.5) is 0 Å². The van der Waals surface area contributed by atoms with E-state index in [-0.39, 0.29) is 6.10 Å². The predicted molar refractivity (Wildman–Crippen MR) is 47.4 cm³/mol. The first-order valence-electron chi connectivity index (χ1n) is 4.73. The molecule has 1 rings (SSSR count). The van der Waals surface area contributed by atoms with E-state index in [0.717, 1.165) is 12.8 Å². The number of aliphatic hydroxyl groups is 1. The molecule has 0 spiro atoms. The first kappa shape index (κ1) is 9.05. The van der Waals surface area contributed by atoms with Crippen LogP contribution in [0.5, 0.6) is 0 Å². The fraction of sp³-hybridized carbons (Fsp3) is 1.00. The van der Waals surface area contributed by atoms with Crippen LogP contribution in [-0.4, -0.2) is 11.2 Å². The molecular weight excluding hydrogens is 136 g/mol. The van der Waals surface area contributed by atoms with Crippen LogP contribution in [-0.2, 0) is 0 Å². The third-order valence-electron chi connectivity index (χ3n) is 3.00. The van der Waals surface area contributed by atoms with Gasteiger partial charge in [0.2, 0.25) is 0 Å². The Balaban J connectivity index is 2.51. The molecule has 66 valence electrons. The van der Waals surface area contributed by atoms with Gasteiger partial charge in [-0.15, -0.1) is 0 Å². The van der Waals surface area contributed by atoms with Gasteiger partial charge in [0.25, 0.3) is 0 Å². The molecule has 0 aromatic carbocycles. The van der Waals surface area contributed by atoms with Crippen LogP contribution >= 0.6 is 0 Å². The van der Waals surface area contributed by atoms with Crippen LogP contribution in [0.2, 0.25) is 0 Å². The molecule has 1 N–H and O–H groups in total. The third kappa shape index (κ3) is 2.19. The number of aliphatic hydroxyl groups excluding tert-OH is 1. The molecule has 0 radical (unpaired) electrons. The van der Waals surface area contributed by atoms with E-state index >= 15 is 0 Å². The summed E-state index contributed by atoms with van der Waals surface area (Å²) in [4.78, 5) is 0. The van der Waals surface area contributed by atoms with Crippen molar-refractivity contribution in [2.75, 3.05) is 0 Å². The summed E-state index contributed by atoms with van der Waals surface area (Å²) >= 11 is 0. The summed E-state index contributed by atoms with van der Waals surface area (Å²) < 4.78 is 0. The zero-order valence-electron chi connectivity index (χ0n) is 7.93. The molecule has 1 heteroatoms. The summed E-state index contributed by atoms with van der Waals surface area (Å²) in [5, 5.41) is 9.60. The highest BCUT2D eigenvalue weighted by Crippen LogP contribution is 2.39. The van der Waals surface area contributed by atoms with Gasteiger partial charge in [-0.05, 0) is 30.6 Å². The van der Waals surface area contributed by atoms with E-state index < -0.39 is 0 Å². The average Bonchev–Trinajstić information content (AvgIpc) is 1.94. The van der Waals surface area contributed by atoms with E-state index in [2.05, 4.69) is 20.8 Å². The normalized spacial score (nSPS) is 37.1. The molecule has 0 bridgehead atoms. The second kappa shape index (κ2) is 3.14. The lowest BCUT2D eigenvalue weighted by Gasteiger charge is -2.38. The van der Waals surface area contributed by atoms with Gasteiger partial charge in [0.15, 0.2) is 0 Å². The van der Waals surface area contributed by atoms with Gasteiger partial charge in [0.1, 0.15) is 0 Å². The van der Waals surface area contributed by atoms with Crippen LogP contribution in [0.25, 0.3) is 0 Å². The van der Waals surface area contributed by atoms with Crippen molar-refractivity contribution >= 4 is 0 Å². The van der Waals surface area contributed by atoms with E-state index in [4.69, 9.17) is 0 Å². The van der Waals surface area contributed by atoms with Crippen molar-refractivity contribution in [2.24, 2.45) is 11.3 Å². The topological polar surface area (TPSA) is 20.2 Å². The van der Waals surface area contributed by atoms with Gasteiger partial charge in [-0.2, -0.15) is 0 Å². The molecule has 2 atom stereocenters. The van der Waals surface area contributed by atoms with E-state index in [0.29, 0.717) is 11.3 Å². The van der Waals surface area contributed by atoms with Crippen molar-refractivity contribution in [3.05, 3.63) is 0 Å². The summed E-state index contributed by atoms with van der Waals surface area (Å²) in [6.07, 6.45) is 4.50. The third-order valence-corrected chi connectivity index (χ3v) is 3.00. The minimum Gasteiger partial charge on any atom is -0.393 e. The SMILES string of the molecule is CCC1CC(C)(C)CCC1O. The molecule has 0 aromatic heterocycles. The maximum Gasteiger partial charge on any atom is 0.0568 e. The molecule has 0 aliphatic heterocycles. The van der Waals surface area contributed by atoms with Crippen LogP contribution in [0.1, 0.15) is 46.5 Å². The minimum absolute atomic E-state index is 0.0203. The molecule has 1 nitrogen and oxygen atoms in total. The van der Waals surface area contributed by atoms with Crippen LogP contribution in [0, 0.1) is 11.3 Å². The molecule has 11 heavy (non-hydrogen) atoms. The molecular formula is C10H20O. The Morgan fingerprint density at radius 1 is 1.45 bits per heavy atom. The van der Waals surface area contributed by atoms with Crippen molar-refractivity contribution in [3.8, 4) is 0 Å². The Hall–Kier alpha value is -0.0400. The van der Waals surface area contributed by atoms with E-state index in [1.54, 1.807) is 0 Å². The Morgan fingerprint density at radius 3 is 2.55 bits per heavy atom. The largest absolute Gasteiger partial charge is 0.393 e. The fourth-order valence-corrected chi connectivity index (χ4v) is 2.14. The molecule has 2 unspecified atom stereocenters. The smallest absolute Gasteiger partial charge is 0.0568 e. The van der Waals surface area contributed by atoms with Gasteiger partial charge in [-0.25, -0.2) is 0 Å². The highest BCUT2D eigenvalue weighted by atomic mass is 16.3. The van der Waals surface area contributed by atoms with Gasteiger partial charge >= 0.3 is 0 Å². The Morgan fingerprint density at radius 2 is 2.09 bits per heavy atom. The lowest BCUT2D eigenvalue weighted by molar-refractivity contribution is 0.0200. The van der Waals surface area contributed by atoms with E-state index in [1.165, 1.54) is 12.8 Å². The number of rotatable bonds is 1. The first-order valence-corrected chi connectivity index (χ1v) is 4.73. The Labute approximate surface area is 69.8 Å². The second-order valence-electron chi connectivity index (χ2n) is 4.64. The standard InChI is InChI=1S/C10H20O/c1-4-8-7-10(2,3)6-5-9(8)11/h8-9,11H,4-7H2,1-3H3.